The lowest BCUT2D eigenvalue weighted by Gasteiger charge is -2.54. The van der Waals surface area contributed by atoms with Gasteiger partial charge in [-0.05, 0) is 61.5 Å². The Kier molecular flexibility index (Phi) is 4.82. The van der Waals surface area contributed by atoms with E-state index in [1.807, 2.05) is 36.5 Å². The highest BCUT2D eigenvalue weighted by molar-refractivity contribution is 5.56. The van der Waals surface area contributed by atoms with Gasteiger partial charge in [-0.15, -0.1) is 6.42 Å². The summed E-state index contributed by atoms with van der Waals surface area (Å²) in [6.07, 6.45) is 13.6. The average molecular weight is 396 g/mol. The molecule has 0 radical (unpaired) electrons. The minimum absolute atomic E-state index is 0.143. The van der Waals surface area contributed by atoms with E-state index in [1.54, 1.807) is 6.20 Å². The van der Waals surface area contributed by atoms with Crippen LogP contribution < -0.4 is 0 Å². The number of aromatic nitrogens is 3. The molecule has 5 heterocycles. The molecule has 5 heteroatoms. The summed E-state index contributed by atoms with van der Waals surface area (Å²) in [5, 5.41) is 12.1. The van der Waals surface area contributed by atoms with Crippen LogP contribution in [0, 0.1) is 18.3 Å². The number of benzene rings is 1. The molecular weight excluding hydrogens is 372 g/mol. The zero-order valence-corrected chi connectivity index (χ0v) is 16.8. The van der Waals surface area contributed by atoms with Gasteiger partial charge in [0.2, 0.25) is 0 Å². The number of fused-ring (bicyclic) bond motifs is 3. The van der Waals surface area contributed by atoms with Gasteiger partial charge in [0.1, 0.15) is 18.0 Å². The van der Waals surface area contributed by atoms with Crippen molar-refractivity contribution in [3.05, 3.63) is 77.9 Å². The van der Waals surface area contributed by atoms with Crippen molar-refractivity contribution in [3.8, 4) is 23.7 Å². The monoisotopic (exact) mass is 396 g/mol. The van der Waals surface area contributed by atoms with Crippen molar-refractivity contribution in [2.45, 2.75) is 30.9 Å². The van der Waals surface area contributed by atoms with Crippen LogP contribution in [0.2, 0.25) is 0 Å². The molecule has 150 valence electrons. The van der Waals surface area contributed by atoms with Gasteiger partial charge in [-0.3, -0.25) is 9.88 Å². The zero-order valence-electron chi connectivity index (χ0n) is 16.8. The number of hydrogen-bond acceptors (Lipinski definition) is 5. The van der Waals surface area contributed by atoms with Crippen LogP contribution in [-0.4, -0.2) is 44.1 Å². The third kappa shape index (κ3) is 3.09. The maximum Gasteiger partial charge on any atom is 0.121 e. The highest BCUT2D eigenvalue weighted by Gasteiger charge is 2.54. The fourth-order valence-electron chi connectivity index (χ4n) is 5.10. The summed E-state index contributed by atoms with van der Waals surface area (Å²) in [7, 11) is 0. The molecular formula is C25H24N4O. The quantitative estimate of drug-likeness (QED) is 0.687. The van der Waals surface area contributed by atoms with Gasteiger partial charge >= 0.3 is 0 Å². The number of piperidine rings is 3. The lowest BCUT2D eigenvalue weighted by atomic mass is 9.66. The number of hydrogen-bond donors (Lipinski definition) is 1. The fourth-order valence-corrected chi connectivity index (χ4v) is 5.10. The van der Waals surface area contributed by atoms with Crippen LogP contribution in [0.3, 0.4) is 0 Å². The molecule has 0 saturated carbocycles. The van der Waals surface area contributed by atoms with Gasteiger partial charge < -0.3 is 5.11 Å². The molecule has 3 saturated heterocycles. The van der Waals surface area contributed by atoms with E-state index < -0.39 is 5.60 Å². The summed E-state index contributed by atoms with van der Waals surface area (Å²) in [5.41, 5.74) is 3.52. The van der Waals surface area contributed by atoms with Crippen LogP contribution >= 0.6 is 0 Å². The van der Waals surface area contributed by atoms with Crippen LogP contribution in [0.25, 0.3) is 11.4 Å². The Balaban J connectivity index is 1.65. The summed E-state index contributed by atoms with van der Waals surface area (Å²) in [5.74, 6) is 3.03. The Morgan fingerprint density at radius 3 is 2.60 bits per heavy atom. The summed E-state index contributed by atoms with van der Waals surface area (Å²) in [4.78, 5) is 15.3. The zero-order chi connectivity index (χ0) is 20.6. The van der Waals surface area contributed by atoms with E-state index in [4.69, 9.17) is 6.42 Å². The van der Waals surface area contributed by atoms with Gasteiger partial charge in [0.05, 0.1) is 11.4 Å². The van der Waals surface area contributed by atoms with E-state index >= 15 is 0 Å². The Morgan fingerprint density at radius 2 is 1.90 bits per heavy atom. The van der Waals surface area contributed by atoms with Crippen molar-refractivity contribution < 1.29 is 5.11 Å². The molecule has 0 amide bonds. The smallest absolute Gasteiger partial charge is 0.121 e. The molecule has 6 rings (SSSR count). The van der Waals surface area contributed by atoms with E-state index in [1.165, 1.54) is 11.9 Å². The minimum atomic E-state index is -1.09. The number of rotatable bonds is 4. The standard InChI is InChI=1S/C25H24N4O/c1-2-24-25(30,20-9-12-29(24)13-10-20)21-16-27-23(22-8-11-26-17-28-22)15-19(21)14-18-6-4-3-5-7-18/h1,3-8,11,15-17,20,24,30H,9-10,12-14H2. The van der Waals surface area contributed by atoms with Crippen LogP contribution in [0.1, 0.15) is 29.5 Å². The van der Waals surface area contributed by atoms with Gasteiger partial charge in [0.15, 0.2) is 0 Å². The maximum atomic E-state index is 12.1. The van der Waals surface area contributed by atoms with Crippen molar-refractivity contribution in [1.82, 2.24) is 19.9 Å². The Morgan fingerprint density at radius 1 is 1.10 bits per heavy atom. The molecule has 2 unspecified atom stereocenters. The molecule has 0 aliphatic carbocycles. The summed E-state index contributed by atoms with van der Waals surface area (Å²) >= 11 is 0. The van der Waals surface area contributed by atoms with E-state index in [2.05, 4.69) is 37.9 Å². The molecule has 0 spiro atoms. The summed E-state index contributed by atoms with van der Waals surface area (Å²) < 4.78 is 0. The Labute approximate surface area is 176 Å². The van der Waals surface area contributed by atoms with Crippen LogP contribution in [0.5, 0.6) is 0 Å². The largest absolute Gasteiger partial charge is 0.382 e. The highest BCUT2D eigenvalue weighted by Crippen LogP contribution is 2.48. The minimum Gasteiger partial charge on any atom is -0.382 e. The van der Waals surface area contributed by atoms with Crippen molar-refractivity contribution >= 4 is 0 Å². The first-order valence-corrected chi connectivity index (χ1v) is 10.4. The molecule has 3 fully saturated rings. The molecule has 1 N–H and O–H groups in total. The van der Waals surface area contributed by atoms with Crippen molar-refractivity contribution in [2.24, 2.45) is 5.92 Å². The molecule has 2 atom stereocenters. The summed E-state index contributed by atoms with van der Waals surface area (Å²) in [6, 6.07) is 13.9. The van der Waals surface area contributed by atoms with Crippen molar-refractivity contribution in [1.29, 1.82) is 0 Å². The SMILES string of the molecule is C#CC1N2CCC(CC2)C1(O)c1cnc(-c2ccncn2)cc1Cc1ccccc1. The molecule has 30 heavy (non-hydrogen) atoms. The normalized spacial score (nSPS) is 27.5. The van der Waals surface area contributed by atoms with Gasteiger partial charge in [0, 0.05) is 18.0 Å². The molecule has 2 bridgehead atoms. The maximum absolute atomic E-state index is 12.1. The second kappa shape index (κ2) is 7.64. The topological polar surface area (TPSA) is 62.1 Å². The average Bonchev–Trinajstić information content (AvgIpc) is 2.81. The molecule has 3 aliphatic rings. The first kappa shape index (κ1) is 18.9. The van der Waals surface area contributed by atoms with Gasteiger partial charge in [-0.1, -0.05) is 36.3 Å². The molecule has 1 aromatic carbocycles. The Bertz CT molecular complexity index is 1070. The van der Waals surface area contributed by atoms with Gasteiger partial charge in [0.25, 0.3) is 0 Å². The second-order valence-electron chi connectivity index (χ2n) is 8.19. The predicted octanol–water partition coefficient (Wildman–Crippen LogP) is 3.04. The molecule has 3 aliphatic heterocycles. The van der Waals surface area contributed by atoms with E-state index in [9.17, 15) is 5.11 Å². The van der Waals surface area contributed by atoms with E-state index in [0.29, 0.717) is 6.42 Å². The first-order valence-electron chi connectivity index (χ1n) is 10.4. The first-order chi connectivity index (χ1) is 14.7. The second-order valence-corrected chi connectivity index (χ2v) is 8.19. The third-order valence-corrected chi connectivity index (χ3v) is 6.59. The Hall–Kier alpha value is -3.07. The summed E-state index contributed by atoms with van der Waals surface area (Å²) in [6.45, 7) is 1.89. The molecule has 5 nitrogen and oxygen atoms in total. The highest BCUT2D eigenvalue weighted by atomic mass is 16.3. The molecule has 2 aromatic heterocycles. The third-order valence-electron chi connectivity index (χ3n) is 6.59. The van der Waals surface area contributed by atoms with Gasteiger partial charge in [-0.2, -0.15) is 0 Å². The van der Waals surface area contributed by atoms with Crippen LogP contribution in [0.15, 0.2) is 61.2 Å². The van der Waals surface area contributed by atoms with Gasteiger partial charge in [-0.25, -0.2) is 9.97 Å². The number of terminal acetylenes is 1. The van der Waals surface area contributed by atoms with Crippen molar-refractivity contribution in [3.63, 3.8) is 0 Å². The molecule has 3 aromatic rings. The van der Waals surface area contributed by atoms with Crippen molar-refractivity contribution in [2.75, 3.05) is 13.1 Å². The number of nitrogens with zero attached hydrogens (tertiary/aromatic N) is 4. The number of aliphatic hydroxyl groups is 1. The van der Waals surface area contributed by atoms with E-state index in [0.717, 1.165) is 48.4 Å². The van der Waals surface area contributed by atoms with Crippen LogP contribution in [-0.2, 0) is 12.0 Å². The predicted molar refractivity (Wildman–Crippen MR) is 115 cm³/mol. The fraction of sp³-hybridized carbons (Fsp3) is 0.320. The lowest BCUT2D eigenvalue weighted by Crippen LogP contribution is -2.63. The van der Waals surface area contributed by atoms with E-state index in [-0.39, 0.29) is 12.0 Å². The number of pyridine rings is 1. The lowest BCUT2D eigenvalue weighted by molar-refractivity contribution is -0.143. The van der Waals surface area contributed by atoms with Crippen LogP contribution in [0.4, 0.5) is 0 Å².